The molecule has 1 unspecified atom stereocenters. The number of rotatable bonds is 1. The largest absolute Gasteiger partial charge is 0.444 e. The van der Waals surface area contributed by atoms with E-state index in [1.165, 1.54) is 12.8 Å². The fourth-order valence-corrected chi connectivity index (χ4v) is 2.67. The van der Waals surface area contributed by atoms with E-state index in [4.69, 9.17) is 4.74 Å². The summed E-state index contributed by atoms with van der Waals surface area (Å²) in [6.07, 6.45) is 2.27. The van der Waals surface area contributed by atoms with Crippen LogP contribution in [0.25, 0.3) is 0 Å². The van der Waals surface area contributed by atoms with Crippen LogP contribution in [-0.2, 0) is 4.74 Å². The zero-order chi connectivity index (χ0) is 12.7. The Bertz CT molecular complexity index is 305. The summed E-state index contributed by atoms with van der Waals surface area (Å²) >= 11 is 0. The maximum atomic E-state index is 11.7. The minimum Gasteiger partial charge on any atom is -0.444 e. The van der Waals surface area contributed by atoms with Gasteiger partial charge < -0.3 is 15.4 Å². The first-order valence-electron chi connectivity index (χ1n) is 6.53. The van der Waals surface area contributed by atoms with Crippen molar-refractivity contribution in [3.05, 3.63) is 0 Å². The van der Waals surface area contributed by atoms with Gasteiger partial charge in [-0.15, -0.1) is 0 Å². The second-order valence-corrected chi connectivity index (χ2v) is 6.53. The highest BCUT2D eigenvalue weighted by molar-refractivity contribution is 5.68. The molecule has 2 fully saturated rings. The number of nitrogens with one attached hydrogen (secondary N) is 2. The Morgan fingerprint density at radius 1 is 1.41 bits per heavy atom. The van der Waals surface area contributed by atoms with Gasteiger partial charge in [-0.1, -0.05) is 6.92 Å². The molecule has 1 aliphatic carbocycles. The molecule has 17 heavy (non-hydrogen) atoms. The third kappa shape index (κ3) is 2.92. The molecule has 0 bridgehead atoms. The van der Waals surface area contributed by atoms with Gasteiger partial charge in [-0.3, -0.25) is 0 Å². The third-order valence-electron chi connectivity index (χ3n) is 4.01. The van der Waals surface area contributed by atoms with E-state index in [-0.39, 0.29) is 12.1 Å². The van der Waals surface area contributed by atoms with E-state index in [1.807, 2.05) is 20.8 Å². The topological polar surface area (TPSA) is 50.4 Å². The summed E-state index contributed by atoms with van der Waals surface area (Å²) in [5, 5.41) is 6.41. The lowest BCUT2D eigenvalue weighted by Crippen LogP contribution is -2.55. The fraction of sp³-hybridized carbons (Fsp3) is 0.923. The SMILES string of the molecule is C[C@@H]1C(NC(=O)OC(C)(C)C)CNCC12CC2. The maximum Gasteiger partial charge on any atom is 0.407 e. The number of amides is 1. The molecule has 4 nitrogen and oxygen atoms in total. The van der Waals surface area contributed by atoms with Crippen molar-refractivity contribution in [2.75, 3.05) is 13.1 Å². The van der Waals surface area contributed by atoms with Gasteiger partial charge in [0.05, 0.1) is 0 Å². The molecule has 4 heteroatoms. The average molecular weight is 240 g/mol. The van der Waals surface area contributed by atoms with Crippen LogP contribution in [0.5, 0.6) is 0 Å². The van der Waals surface area contributed by atoms with E-state index >= 15 is 0 Å². The summed E-state index contributed by atoms with van der Waals surface area (Å²) in [7, 11) is 0. The summed E-state index contributed by atoms with van der Waals surface area (Å²) in [5.74, 6) is 0.538. The Labute approximate surface area is 103 Å². The highest BCUT2D eigenvalue weighted by Crippen LogP contribution is 2.53. The number of ether oxygens (including phenoxy) is 1. The van der Waals surface area contributed by atoms with E-state index in [0.29, 0.717) is 11.3 Å². The van der Waals surface area contributed by atoms with Crippen LogP contribution in [0, 0.1) is 11.3 Å². The monoisotopic (exact) mass is 240 g/mol. The molecule has 2 N–H and O–H groups in total. The van der Waals surface area contributed by atoms with Crippen LogP contribution in [0.3, 0.4) is 0 Å². The number of carbonyl (C=O) groups is 1. The van der Waals surface area contributed by atoms with E-state index in [0.717, 1.165) is 13.1 Å². The van der Waals surface area contributed by atoms with E-state index < -0.39 is 5.60 Å². The highest BCUT2D eigenvalue weighted by Gasteiger charge is 2.51. The summed E-state index contributed by atoms with van der Waals surface area (Å²) in [6.45, 7) is 9.85. The van der Waals surface area contributed by atoms with Crippen molar-refractivity contribution >= 4 is 6.09 Å². The summed E-state index contributed by atoms with van der Waals surface area (Å²) in [4.78, 5) is 11.7. The number of piperidine rings is 1. The normalized spacial score (nSPS) is 31.1. The average Bonchev–Trinajstić information content (AvgIpc) is 2.91. The van der Waals surface area contributed by atoms with Crippen LogP contribution in [0.2, 0.25) is 0 Å². The third-order valence-corrected chi connectivity index (χ3v) is 4.01. The van der Waals surface area contributed by atoms with Gasteiger partial charge in [0.25, 0.3) is 0 Å². The Hall–Kier alpha value is -0.770. The second-order valence-electron chi connectivity index (χ2n) is 6.53. The molecular weight excluding hydrogens is 216 g/mol. The molecule has 1 saturated heterocycles. The quantitative estimate of drug-likeness (QED) is 0.736. The van der Waals surface area contributed by atoms with Gasteiger partial charge in [-0.25, -0.2) is 4.79 Å². The van der Waals surface area contributed by atoms with E-state index in [2.05, 4.69) is 17.6 Å². The molecule has 1 spiro atoms. The zero-order valence-electron chi connectivity index (χ0n) is 11.3. The Morgan fingerprint density at radius 2 is 2.06 bits per heavy atom. The molecule has 0 aromatic heterocycles. The summed E-state index contributed by atoms with van der Waals surface area (Å²) in [6, 6.07) is 0.195. The second kappa shape index (κ2) is 4.16. The smallest absolute Gasteiger partial charge is 0.407 e. The molecule has 1 aliphatic heterocycles. The highest BCUT2D eigenvalue weighted by atomic mass is 16.6. The minimum absolute atomic E-state index is 0.195. The van der Waals surface area contributed by atoms with Gasteiger partial charge in [0, 0.05) is 19.1 Å². The molecule has 0 radical (unpaired) electrons. The van der Waals surface area contributed by atoms with Crippen LogP contribution in [-0.4, -0.2) is 30.8 Å². The van der Waals surface area contributed by atoms with Crippen molar-refractivity contribution in [2.45, 2.75) is 52.2 Å². The Balaban J connectivity index is 1.88. The predicted molar refractivity (Wildman–Crippen MR) is 66.9 cm³/mol. The number of alkyl carbamates (subject to hydrolysis) is 1. The van der Waals surface area contributed by atoms with Crippen LogP contribution >= 0.6 is 0 Å². The first-order chi connectivity index (χ1) is 7.82. The lowest BCUT2D eigenvalue weighted by molar-refractivity contribution is 0.0453. The predicted octanol–water partition coefficient (Wildman–Crippen LogP) is 1.90. The molecular formula is C13H24N2O2. The lowest BCUT2D eigenvalue weighted by atomic mass is 9.81. The van der Waals surface area contributed by atoms with Crippen molar-refractivity contribution in [3.8, 4) is 0 Å². The number of hydrogen-bond acceptors (Lipinski definition) is 3. The van der Waals surface area contributed by atoms with Gasteiger partial charge in [0.2, 0.25) is 0 Å². The van der Waals surface area contributed by atoms with Crippen LogP contribution in [0.15, 0.2) is 0 Å². The van der Waals surface area contributed by atoms with Gasteiger partial charge >= 0.3 is 6.09 Å². The molecule has 2 aliphatic rings. The Morgan fingerprint density at radius 3 is 2.59 bits per heavy atom. The Kier molecular flexibility index (Phi) is 3.10. The van der Waals surface area contributed by atoms with Gasteiger partial charge in [0.15, 0.2) is 0 Å². The maximum absolute atomic E-state index is 11.7. The fourth-order valence-electron chi connectivity index (χ4n) is 2.67. The molecule has 98 valence electrons. The summed E-state index contributed by atoms with van der Waals surface area (Å²) < 4.78 is 5.30. The van der Waals surface area contributed by atoms with Crippen molar-refractivity contribution in [1.82, 2.24) is 10.6 Å². The van der Waals surface area contributed by atoms with Crippen LogP contribution in [0.1, 0.15) is 40.5 Å². The molecule has 1 heterocycles. The molecule has 1 saturated carbocycles. The molecule has 0 aromatic carbocycles. The lowest BCUT2D eigenvalue weighted by Gasteiger charge is -2.37. The van der Waals surface area contributed by atoms with Gasteiger partial charge in [-0.2, -0.15) is 0 Å². The number of hydrogen-bond donors (Lipinski definition) is 2. The number of carbonyl (C=O) groups excluding carboxylic acids is 1. The minimum atomic E-state index is -0.424. The first kappa shape index (κ1) is 12.7. The van der Waals surface area contributed by atoms with Crippen molar-refractivity contribution in [2.24, 2.45) is 11.3 Å². The molecule has 0 aromatic rings. The molecule has 2 rings (SSSR count). The van der Waals surface area contributed by atoms with Crippen molar-refractivity contribution < 1.29 is 9.53 Å². The zero-order valence-corrected chi connectivity index (χ0v) is 11.3. The van der Waals surface area contributed by atoms with Crippen molar-refractivity contribution in [3.63, 3.8) is 0 Å². The van der Waals surface area contributed by atoms with Crippen LogP contribution < -0.4 is 10.6 Å². The van der Waals surface area contributed by atoms with Crippen molar-refractivity contribution in [1.29, 1.82) is 0 Å². The van der Waals surface area contributed by atoms with E-state index in [1.54, 1.807) is 0 Å². The van der Waals surface area contributed by atoms with E-state index in [9.17, 15) is 4.79 Å². The molecule has 2 atom stereocenters. The van der Waals surface area contributed by atoms with Gasteiger partial charge in [-0.05, 0) is 44.9 Å². The first-order valence-corrected chi connectivity index (χ1v) is 6.53. The molecule has 1 amide bonds. The van der Waals surface area contributed by atoms with Crippen LogP contribution in [0.4, 0.5) is 4.79 Å². The summed E-state index contributed by atoms with van der Waals surface area (Å²) in [5.41, 5.74) is 0.0185. The standard InChI is InChI=1S/C13H24N2O2/c1-9-10(7-14-8-13(9)5-6-13)15-11(16)17-12(2,3)4/h9-10,14H,5-8H2,1-4H3,(H,15,16)/t9-,10?/m1/s1. The van der Waals surface area contributed by atoms with Gasteiger partial charge in [0.1, 0.15) is 5.60 Å².